The number of nitrogens with zero attached hydrogens (tertiary/aromatic N) is 2. The molecule has 2 aliphatic heterocycles. The van der Waals surface area contributed by atoms with Crippen LogP contribution in [0.25, 0.3) is 0 Å². The van der Waals surface area contributed by atoms with Crippen molar-refractivity contribution in [2.45, 2.75) is 17.5 Å². The number of aliphatic carboxylic acids is 2. The third-order valence-corrected chi connectivity index (χ3v) is 6.82. The van der Waals surface area contributed by atoms with Crippen LogP contribution < -0.4 is 40.4 Å². The first-order valence-electron chi connectivity index (χ1n) is 7.47. The van der Waals surface area contributed by atoms with Crippen molar-refractivity contribution in [3.63, 3.8) is 0 Å². The molecule has 0 aromatic carbocycles. The molecule has 1 unspecified atom stereocenters. The Kier molecular flexibility index (Phi) is 7.36. The molecule has 0 spiro atoms. The molecule has 9 nitrogen and oxygen atoms in total. The van der Waals surface area contributed by atoms with Crippen molar-refractivity contribution in [2.24, 2.45) is 11.7 Å². The predicted molar refractivity (Wildman–Crippen MR) is 91.0 cm³/mol. The van der Waals surface area contributed by atoms with Crippen LogP contribution in [0.5, 0.6) is 0 Å². The fraction of sp³-hybridized carbons (Fsp3) is 0.333. The van der Waals surface area contributed by atoms with Crippen molar-refractivity contribution >= 4 is 41.4 Å². The van der Waals surface area contributed by atoms with Gasteiger partial charge in [0, 0.05) is 18.1 Å². The van der Waals surface area contributed by atoms with Crippen LogP contribution >= 0.6 is 23.5 Å². The van der Waals surface area contributed by atoms with E-state index in [9.17, 15) is 24.6 Å². The van der Waals surface area contributed by atoms with Crippen LogP contribution in [0.15, 0.2) is 34.5 Å². The van der Waals surface area contributed by atoms with Gasteiger partial charge >= 0.3 is 35.5 Å². The average molecular weight is 419 g/mol. The van der Waals surface area contributed by atoms with Gasteiger partial charge in [0.2, 0.25) is 5.91 Å². The summed E-state index contributed by atoms with van der Waals surface area (Å²) in [7, 11) is 0. The number of carbonyl (C=O) groups excluding carboxylic acids is 2. The van der Waals surface area contributed by atoms with Crippen molar-refractivity contribution in [2.75, 3.05) is 5.75 Å². The van der Waals surface area contributed by atoms with E-state index < -0.39 is 41.3 Å². The van der Waals surface area contributed by atoms with Gasteiger partial charge in [-0.2, -0.15) is 0 Å². The van der Waals surface area contributed by atoms with Crippen LogP contribution in [0.2, 0.25) is 0 Å². The van der Waals surface area contributed by atoms with E-state index in [0.29, 0.717) is 5.56 Å². The number of fused-ring (bicyclic) bond motifs is 1. The summed E-state index contributed by atoms with van der Waals surface area (Å²) in [5.74, 6) is -4.13. The van der Waals surface area contributed by atoms with Crippen LogP contribution in [0.3, 0.4) is 0 Å². The number of carbonyl (C=O) groups is 3. The Morgan fingerprint density at radius 3 is 2.59 bits per heavy atom. The van der Waals surface area contributed by atoms with E-state index in [1.807, 2.05) is 0 Å². The fourth-order valence-corrected chi connectivity index (χ4v) is 5.50. The third kappa shape index (κ3) is 4.19. The molecule has 1 aromatic rings. The van der Waals surface area contributed by atoms with Crippen molar-refractivity contribution in [1.82, 2.24) is 9.88 Å². The van der Waals surface area contributed by atoms with Crippen LogP contribution in [0.4, 0.5) is 0 Å². The summed E-state index contributed by atoms with van der Waals surface area (Å²) >= 11 is 2.03. The second-order valence-electron chi connectivity index (χ2n) is 5.65. The predicted octanol–water partition coefficient (Wildman–Crippen LogP) is -4.29. The maximum Gasteiger partial charge on any atom is 1.00 e. The maximum atomic E-state index is 12.4. The molecular formula is C15H14N3NaO6S2. The SMILES string of the molecule is N[C@@H](CSC1=C(C(=O)[O-])N2C(=O)[C@H](C(O)c3ccncc3)[C@H]2S1)C(=O)O.[Na+]. The van der Waals surface area contributed by atoms with Crippen LogP contribution in [0.1, 0.15) is 11.7 Å². The van der Waals surface area contributed by atoms with Crippen LogP contribution in [0, 0.1) is 5.92 Å². The van der Waals surface area contributed by atoms with Crippen LogP contribution in [-0.2, 0) is 14.4 Å². The topological polar surface area (TPSA) is 157 Å². The molecular weight excluding hydrogens is 405 g/mol. The Labute approximate surface area is 184 Å². The Hall–Kier alpha value is -1.08. The molecule has 0 aliphatic carbocycles. The van der Waals surface area contributed by atoms with Gasteiger partial charge in [0.1, 0.15) is 11.4 Å². The Morgan fingerprint density at radius 2 is 2.04 bits per heavy atom. The summed E-state index contributed by atoms with van der Waals surface area (Å²) in [4.78, 5) is 39.7. The summed E-state index contributed by atoms with van der Waals surface area (Å²) in [6.07, 6.45) is 1.87. The Morgan fingerprint density at radius 1 is 1.41 bits per heavy atom. The number of pyridine rings is 1. The molecule has 0 bridgehead atoms. The van der Waals surface area contributed by atoms with E-state index in [1.54, 1.807) is 12.1 Å². The molecule has 0 radical (unpaired) electrons. The van der Waals surface area contributed by atoms with E-state index >= 15 is 0 Å². The third-order valence-electron chi connectivity index (χ3n) is 4.04. The van der Waals surface area contributed by atoms with Crippen LogP contribution in [-0.4, -0.2) is 55.1 Å². The number of carboxylic acid groups (broad SMARTS) is 2. The van der Waals surface area contributed by atoms with E-state index in [4.69, 9.17) is 10.8 Å². The number of aromatic nitrogens is 1. The minimum Gasteiger partial charge on any atom is -0.543 e. The van der Waals surface area contributed by atoms with Crippen molar-refractivity contribution in [1.29, 1.82) is 0 Å². The summed E-state index contributed by atoms with van der Waals surface area (Å²) in [5.41, 5.74) is 5.64. The standard InChI is InChI=1S/C15H15N3O6S2.Na/c16-7(13(21)22)5-25-15-9(14(23)24)18-11(20)8(12(18)26-15)10(19)6-1-3-17-4-2-6;/h1-4,7-8,10,12,19H,5,16H2,(H,21,22)(H,23,24);/q;+1/p-1/t7-,8-,10?,12+;/m0./s1. The normalized spacial score (nSPS) is 23.2. The van der Waals surface area contributed by atoms with Gasteiger partial charge in [0.25, 0.3) is 0 Å². The molecule has 1 amide bonds. The number of rotatable bonds is 7. The molecule has 2 aliphatic rings. The molecule has 3 heterocycles. The second-order valence-corrected chi connectivity index (χ2v) is 8.06. The number of nitrogens with two attached hydrogens (primary N) is 1. The number of hydrogen-bond acceptors (Lipinski definition) is 9. The minimum atomic E-state index is -1.53. The molecule has 12 heteroatoms. The number of thioether (sulfide) groups is 2. The molecule has 4 atom stereocenters. The maximum absolute atomic E-state index is 12.4. The molecule has 1 fully saturated rings. The quantitative estimate of drug-likeness (QED) is 0.292. The summed E-state index contributed by atoms with van der Waals surface area (Å²) < 4.78 is 0.254. The van der Waals surface area contributed by atoms with Gasteiger partial charge in [-0.25, -0.2) is 0 Å². The van der Waals surface area contributed by atoms with E-state index in [-0.39, 0.29) is 45.2 Å². The fourth-order valence-electron chi connectivity index (χ4n) is 2.69. The zero-order valence-electron chi connectivity index (χ0n) is 14.1. The number of β-lactam (4-membered cyclic amide) rings is 1. The van der Waals surface area contributed by atoms with E-state index in [1.165, 1.54) is 12.4 Å². The zero-order chi connectivity index (χ0) is 19.0. The second kappa shape index (κ2) is 8.95. The molecule has 0 saturated carbocycles. The van der Waals surface area contributed by atoms with Gasteiger partial charge in [0.15, 0.2) is 0 Å². The summed E-state index contributed by atoms with van der Waals surface area (Å²) in [5, 5.41) is 30.2. The van der Waals surface area contributed by atoms with Crippen molar-refractivity contribution in [3.8, 4) is 0 Å². The molecule has 1 saturated heterocycles. The molecule has 27 heavy (non-hydrogen) atoms. The first-order valence-corrected chi connectivity index (χ1v) is 9.34. The Balaban J connectivity index is 0.00000261. The number of aliphatic hydroxyl groups is 1. The minimum absolute atomic E-state index is 0. The van der Waals surface area contributed by atoms with E-state index in [2.05, 4.69) is 4.98 Å². The summed E-state index contributed by atoms with van der Waals surface area (Å²) in [6.45, 7) is 0. The number of aliphatic hydroxyl groups excluding tert-OH is 1. The van der Waals surface area contributed by atoms with Gasteiger partial charge in [0.05, 0.1) is 27.9 Å². The monoisotopic (exact) mass is 419 g/mol. The number of hydrogen-bond donors (Lipinski definition) is 3. The van der Waals surface area contributed by atoms with Gasteiger partial charge in [-0.1, -0.05) is 11.8 Å². The summed E-state index contributed by atoms with van der Waals surface area (Å²) in [6, 6.07) is 1.99. The van der Waals surface area contributed by atoms with Gasteiger partial charge in [-0.05, 0) is 17.7 Å². The van der Waals surface area contributed by atoms with Gasteiger partial charge in [-0.3, -0.25) is 19.5 Å². The molecule has 3 rings (SSSR count). The molecule has 138 valence electrons. The smallest absolute Gasteiger partial charge is 0.543 e. The molecule has 1 aromatic heterocycles. The first-order chi connectivity index (χ1) is 12.3. The first kappa shape index (κ1) is 22.2. The largest absolute Gasteiger partial charge is 1.00 e. The number of carboxylic acids is 2. The zero-order valence-corrected chi connectivity index (χ0v) is 17.8. The van der Waals surface area contributed by atoms with E-state index in [0.717, 1.165) is 28.4 Å². The number of amides is 1. The van der Waals surface area contributed by atoms with Gasteiger partial charge < -0.3 is 25.8 Å². The average Bonchev–Trinajstić information content (AvgIpc) is 2.95. The van der Waals surface area contributed by atoms with Gasteiger partial charge in [-0.15, -0.1) is 11.8 Å². The molecule has 4 N–H and O–H groups in total. The Bertz CT molecular complexity index is 793. The van der Waals surface area contributed by atoms with Crippen molar-refractivity contribution < 1.29 is 59.3 Å². The van der Waals surface area contributed by atoms with Crippen molar-refractivity contribution in [3.05, 3.63) is 40.0 Å².